The summed E-state index contributed by atoms with van der Waals surface area (Å²) in [6, 6.07) is 7.50. The third-order valence-corrected chi connectivity index (χ3v) is 2.94. The number of nitrogens with zero attached hydrogens (tertiary/aromatic N) is 2. The van der Waals surface area contributed by atoms with Gasteiger partial charge in [0.25, 0.3) is 0 Å². The number of carbonyl (C=O) groups excluding carboxylic acids is 2. The Morgan fingerprint density at radius 1 is 1.32 bits per heavy atom. The van der Waals surface area contributed by atoms with Crippen molar-refractivity contribution < 1.29 is 9.59 Å². The van der Waals surface area contributed by atoms with Crippen molar-refractivity contribution in [3.05, 3.63) is 29.8 Å². The quantitative estimate of drug-likeness (QED) is 0.902. The molecule has 1 heterocycles. The summed E-state index contributed by atoms with van der Waals surface area (Å²) < 4.78 is 0. The van der Waals surface area contributed by atoms with Crippen LogP contribution in [0.3, 0.4) is 0 Å². The number of benzene rings is 1. The minimum Gasteiger partial charge on any atom is -0.326 e. The molecule has 19 heavy (non-hydrogen) atoms. The number of hydrazone groups is 1. The van der Waals surface area contributed by atoms with Crippen molar-refractivity contribution in [1.29, 1.82) is 0 Å². The minimum atomic E-state index is -0.0921. The minimum absolute atomic E-state index is 0.0705. The molecule has 0 aromatic heterocycles. The van der Waals surface area contributed by atoms with Crippen LogP contribution in [0, 0.1) is 0 Å². The Labute approximate surface area is 112 Å². The highest BCUT2D eigenvalue weighted by Gasteiger charge is 2.19. The van der Waals surface area contributed by atoms with E-state index >= 15 is 0 Å². The van der Waals surface area contributed by atoms with Crippen LogP contribution in [0.4, 0.5) is 5.69 Å². The van der Waals surface area contributed by atoms with Gasteiger partial charge in [0.2, 0.25) is 11.8 Å². The lowest BCUT2D eigenvalue weighted by molar-refractivity contribution is -0.131. The molecule has 0 radical (unpaired) electrons. The van der Waals surface area contributed by atoms with Crippen LogP contribution in [0.2, 0.25) is 0 Å². The molecule has 2 amide bonds. The molecule has 1 aromatic rings. The summed E-state index contributed by atoms with van der Waals surface area (Å²) in [5.41, 5.74) is 2.66. The molecule has 0 saturated carbocycles. The summed E-state index contributed by atoms with van der Waals surface area (Å²) in [5.74, 6) is -0.0216. The second kappa shape index (κ2) is 5.65. The van der Waals surface area contributed by atoms with E-state index in [1.165, 1.54) is 11.9 Å². The molecule has 0 bridgehead atoms. The number of anilines is 1. The predicted octanol–water partition coefficient (Wildman–Crippen LogP) is 1.99. The number of nitrogens with one attached hydrogen (secondary N) is 1. The normalized spacial score (nSPS) is 15.2. The maximum Gasteiger partial charge on any atom is 0.243 e. The second-order valence-electron chi connectivity index (χ2n) is 4.41. The molecule has 0 unspecified atom stereocenters. The van der Waals surface area contributed by atoms with Gasteiger partial charge in [-0.2, -0.15) is 5.10 Å². The fourth-order valence-electron chi connectivity index (χ4n) is 2.00. The molecule has 0 spiro atoms. The molecule has 1 aliphatic heterocycles. The van der Waals surface area contributed by atoms with E-state index < -0.39 is 0 Å². The molecule has 2 rings (SSSR count). The fraction of sp³-hybridized carbons (Fsp3) is 0.357. The number of rotatable bonds is 3. The van der Waals surface area contributed by atoms with Crippen LogP contribution < -0.4 is 5.32 Å². The number of hydrogen-bond acceptors (Lipinski definition) is 3. The fourth-order valence-corrected chi connectivity index (χ4v) is 2.00. The molecular formula is C14H17N3O2. The van der Waals surface area contributed by atoms with Crippen LogP contribution >= 0.6 is 0 Å². The van der Waals surface area contributed by atoms with Gasteiger partial charge in [0.05, 0.1) is 5.71 Å². The number of hydrogen-bond donors (Lipinski definition) is 1. The highest BCUT2D eigenvalue weighted by Crippen LogP contribution is 2.17. The SMILES string of the molecule is CCN1N=C(c2ccc(NC(C)=O)cc2)CCC1=O. The van der Waals surface area contributed by atoms with Crippen molar-refractivity contribution in [3.63, 3.8) is 0 Å². The Hall–Kier alpha value is -2.17. The number of amides is 2. The van der Waals surface area contributed by atoms with E-state index in [-0.39, 0.29) is 11.8 Å². The van der Waals surface area contributed by atoms with Gasteiger partial charge in [-0.05, 0) is 24.6 Å². The van der Waals surface area contributed by atoms with Crippen molar-refractivity contribution in [1.82, 2.24) is 5.01 Å². The summed E-state index contributed by atoms with van der Waals surface area (Å²) in [6.45, 7) is 3.97. The third-order valence-electron chi connectivity index (χ3n) is 2.94. The summed E-state index contributed by atoms with van der Waals surface area (Å²) in [6.07, 6.45) is 1.16. The zero-order chi connectivity index (χ0) is 13.8. The van der Waals surface area contributed by atoms with Crippen LogP contribution in [0.5, 0.6) is 0 Å². The Bertz CT molecular complexity index is 520. The average molecular weight is 259 g/mol. The maximum atomic E-state index is 11.5. The van der Waals surface area contributed by atoms with Gasteiger partial charge in [0, 0.05) is 32.0 Å². The highest BCUT2D eigenvalue weighted by atomic mass is 16.2. The Kier molecular flexibility index (Phi) is 3.94. The van der Waals surface area contributed by atoms with Gasteiger partial charge in [-0.1, -0.05) is 12.1 Å². The lowest BCUT2D eigenvalue weighted by Gasteiger charge is -2.22. The molecule has 0 saturated heterocycles. The summed E-state index contributed by atoms with van der Waals surface area (Å²) in [5, 5.41) is 8.57. The molecule has 1 aromatic carbocycles. The molecule has 5 nitrogen and oxygen atoms in total. The van der Waals surface area contributed by atoms with E-state index in [4.69, 9.17) is 0 Å². The van der Waals surface area contributed by atoms with E-state index in [9.17, 15) is 9.59 Å². The maximum absolute atomic E-state index is 11.5. The first-order chi connectivity index (χ1) is 9.10. The molecule has 1 N–H and O–H groups in total. The average Bonchev–Trinajstić information content (AvgIpc) is 2.40. The first-order valence-electron chi connectivity index (χ1n) is 6.36. The van der Waals surface area contributed by atoms with Crippen molar-refractivity contribution >= 4 is 23.2 Å². The van der Waals surface area contributed by atoms with Crippen molar-refractivity contribution in [2.45, 2.75) is 26.7 Å². The van der Waals surface area contributed by atoms with Gasteiger partial charge >= 0.3 is 0 Å². The van der Waals surface area contributed by atoms with E-state index in [0.29, 0.717) is 19.4 Å². The van der Waals surface area contributed by atoms with E-state index in [2.05, 4.69) is 10.4 Å². The standard InChI is InChI=1S/C14H17N3O2/c1-3-17-14(19)9-8-13(16-17)11-4-6-12(7-5-11)15-10(2)18/h4-7H,3,8-9H2,1-2H3,(H,15,18). The predicted molar refractivity (Wildman–Crippen MR) is 73.9 cm³/mol. The van der Waals surface area contributed by atoms with Crippen LogP contribution in [0.1, 0.15) is 32.3 Å². The highest BCUT2D eigenvalue weighted by molar-refractivity contribution is 6.04. The molecule has 100 valence electrons. The zero-order valence-electron chi connectivity index (χ0n) is 11.1. The van der Waals surface area contributed by atoms with Gasteiger partial charge in [-0.25, -0.2) is 5.01 Å². The Balaban J connectivity index is 2.18. The lowest BCUT2D eigenvalue weighted by Crippen LogP contribution is -2.31. The van der Waals surface area contributed by atoms with Gasteiger partial charge in [-0.15, -0.1) is 0 Å². The summed E-state index contributed by atoms with van der Waals surface area (Å²) >= 11 is 0. The van der Waals surface area contributed by atoms with Crippen molar-refractivity contribution in [2.75, 3.05) is 11.9 Å². The molecule has 0 atom stereocenters. The van der Waals surface area contributed by atoms with Gasteiger partial charge < -0.3 is 5.32 Å². The molecule has 0 fully saturated rings. The van der Waals surface area contributed by atoms with Crippen molar-refractivity contribution in [2.24, 2.45) is 5.10 Å². The lowest BCUT2D eigenvalue weighted by atomic mass is 10.0. The first kappa shape index (κ1) is 13.3. The van der Waals surface area contributed by atoms with Crippen molar-refractivity contribution in [3.8, 4) is 0 Å². The summed E-state index contributed by atoms with van der Waals surface area (Å²) in [4.78, 5) is 22.5. The van der Waals surface area contributed by atoms with Crippen LogP contribution in [-0.4, -0.2) is 29.1 Å². The topological polar surface area (TPSA) is 61.8 Å². The summed E-state index contributed by atoms with van der Waals surface area (Å²) in [7, 11) is 0. The van der Waals surface area contributed by atoms with Gasteiger partial charge in [0.1, 0.15) is 0 Å². The molecular weight excluding hydrogens is 242 g/mol. The second-order valence-corrected chi connectivity index (χ2v) is 4.41. The zero-order valence-corrected chi connectivity index (χ0v) is 11.1. The largest absolute Gasteiger partial charge is 0.326 e. The van der Waals surface area contributed by atoms with E-state index in [0.717, 1.165) is 17.0 Å². The third kappa shape index (κ3) is 3.19. The van der Waals surface area contributed by atoms with Crippen LogP contribution in [0.25, 0.3) is 0 Å². The molecule has 1 aliphatic rings. The van der Waals surface area contributed by atoms with Crippen LogP contribution in [-0.2, 0) is 9.59 Å². The Morgan fingerprint density at radius 3 is 2.58 bits per heavy atom. The van der Waals surface area contributed by atoms with Gasteiger partial charge in [-0.3, -0.25) is 9.59 Å². The first-order valence-corrected chi connectivity index (χ1v) is 6.36. The molecule has 5 heteroatoms. The smallest absolute Gasteiger partial charge is 0.243 e. The van der Waals surface area contributed by atoms with E-state index in [1.54, 1.807) is 0 Å². The number of carbonyl (C=O) groups is 2. The Morgan fingerprint density at radius 2 is 2.00 bits per heavy atom. The van der Waals surface area contributed by atoms with E-state index in [1.807, 2.05) is 31.2 Å². The molecule has 0 aliphatic carbocycles. The van der Waals surface area contributed by atoms with Crippen LogP contribution in [0.15, 0.2) is 29.4 Å². The monoisotopic (exact) mass is 259 g/mol. The van der Waals surface area contributed by atoms with Gasteiger partial charge in [0.15, 0.2) is 0 Å².